The molecule has 1 N–H and O–H groups in total. The Labute approximate surface area is 106 Å². The van der Waals surface area contributed by atoms with E-state index < -0.39 is 0 Å². The molecule has 1 unspecified atom stereocenters. The fourth-order valence-corrected chi connectivity index (χ4v) is 2.49. The van der Waals surface area contributed by atoms with Gasteiger partial charge in [0.1, 0.15) is 5.75 Å². The first-order valence-corrected chi connectivity index (χ1v) is 6.55. The summed E-state index contributed by atoms with van der Waals surface area (Å²) < 4.78 is 11.2. The van der Waals surface area contributed by atoms with Gasteiger partial charge in [-0.1, -0.05) is 18.9 Å². The van der Waals surface area contributed by atoms with Gasteiger partial charge in [0.15, 0.2) is 11.1 Å². The second-order valence-electron chi connectivity index (χ2n) is 4.72. The van der Waals surface area contributed by atoms with Crippen molar-refractivity contribution in [2.45, 2.75) is 31.7 Å². The number of fused-ring (bicyclic) bond motifs is 1. The zero-order chi connectivity index (χ0) is 12.4. The summed E-state index contributed by atoms with van der Waals surface area (Å²) in [6.45, 7) is 1.04. The van der Waals surface area contributed by atoms with Crippen molar-refractivity contribution < 1.29 is 9.15 Å². The first kappa shape index (κ1) is 11.5. The monoisotopic (exact) mass is 246 g/mol. The summed E-state index contributed by atoms with van der Waals surface area (Å²) >= 11 is 0. The predicted molar refractivity (Wildman–Crippen MR) is 69.8 cm³/mol. The SMILES string of the molecule is COc1cccc2oc(C3CCCCCN3)nc12. The van der Waals surface area contributed by atoms with Crippen molar-refractivity contribution in [1.29, 1.82) is 0 Å². The van der Waals surface area contributed by atoms with E-state index >= 15 is 0 Å². The molecule has 0 spiro atoms. The third-order valence-electron chi connectivity index (χ3n) is 3.48. The Balaban J connectivity index is 1.96. The van der Waals surface area contributed by atoms with Gasteiger partial charge >= 0.3 is 0 Å². The van der Waals surface area contributed by atoms with E-state index in [1.54, 1.807) is 7.11 Å². The summed E-state index contributed by atoms with van der Waals surface area (Å²) in [6.07, 6.45) is 4.84. The van der Waals surface area contributed by atoms with Crippen LogP contribution in [-0.4, -0.2) is 18.6 Å². The van der Waals surface area contributed by atoms with E-state index in [1.165, 1.54) is 19.3 Å². The van der Waals surface area contributed by atoms with Gasteiger partial charge in [-0.25, -0.2) is 4.98 Å². The van der Waals surface area contributed by atoms with E-state index in [4.69, 9.17) is 9.15 Å². The highest BCUT2D eigenvalue weighted by molar-refractivity contribution is 5.79. The van der Waals surface area contributed by atoms with Crippen LogP contribution in [0.25, 0.3) is 11.1 Å². The minimum absolute atomic E-state index is 0.240. The van der Waals surface area contributed by atoms with Gasteiger partial charge in [0.05, 0.1) is 13.2 Å². The van der Waals surface area contributed by atoms with Crippen LogP contribution in [0.15, 0.2) is 22.6 Å². The number of para-hydroxylation sites is 1. The van der Waals surface area contributed by atoms with Crippen molar-refractivity contribution in [3.8, 4) is 5.75 Å². The van der Waals surface area contributed by atoms with Crippen LogP contribution in [0.5, 0.6) is 5.75 Å². The van der Waals surface area contributed by atoms with Crippen LogP contribution in [-0.2, 0) is 0 Å². The van der Waals surface area contributed by atoms with E-state index in [9.17, 15) is 0 Å². The van der Waals surface area contributed by atoms with Crippen LogP contribution in [0.2, 0.25) is 0 Å². The summed E-state index contributed by atoms with van der Waals surface area (Å²) in [4.78, 5) is 4.59. The molecule has 18 heavy (non-hydrogen) atoms. The van der Waals surface area contributed by atoms with Crippen LogP contribution in [0.3, 0.4) is 0 Å². The van der Waals surface area contributed by atoms with Crippen molar-refractivity contribution in [2.24, 2.45) is 0 Å². The quantitative estimate of drug-likeness (QED) is 0.884. The lowest BCUT2D eigenvalue weighted by atomic mass is 10.1. The maximum atomic E-state index is 5.85. The zero-order valence-corrected chi connectivity index (χ0v) is 10.6. The Bertz CT molecular complexity index is 528. The van der Waals surface area contributed by atoms with Gasteiger partial charge in [0, 0.05) is 0 Å². The fraction of sp³-hybridized carbons (Fsp3) is 0.500. The molecule has 0 radical (unpaired) electrons. The second kappa shape index (κ2) is 4.98. The molecule has 4 heteroatoms. The molecule has 0 saturated carbocycles. The summed E-state index contributed by atoms with van der Waals surface area (Å²) in [6, 6.07) is 6.02. The maximum absolute atomic E-state index is 5.85. The molecule has 0 bridgehead atoms. The zero-order valence-electron chi connectivity index (χ0n) is 10.6. The second-order valence-corrected chi connectivity index (χ2v) is 4.72. The van der Waals surface area contributed by atoms with E-state index in [0.717, 1.165) is 35.7 Å². The molecular weight excluding hydrogens is 228 g/mol. The Morgan fingerprint density at radius 3 is 3.17 bits per heavy atom. The summed E-state index contributed by atoms with van der Waals surface area (Å²) in [7, 11) is 1.66. The van der Waals surface area contributed by atoms with E-state index in [2.05, 4.69) is 10.3 Å². The molecule has 0 amide bonds. The van der Waals surface area contributed by atoms with Crippen LogP contribution in [0.1, 0.15) is 37.6 Å². The smallest absolute Gasteiger partial charge is 0.212 e. The highest BCUT2D eigenvalue weighted by atomic mass is 16.5. The van der Waals surface area contributed by atoms with E-state index in [-0.39, 0.29) is 6.04 Å². The Kier molecular flexibility index (Phi) is 3.19. The maximum Gasteiger partial charge on any atom is 0.212 e. The highest BCUT2D eigenvalue weighted by Crippen LogP contribution is 2.30. The van der Waals surface area contributed by atoms with Crippen LogP contribution in [0.4, 0.5) is 0 Å². The first-order valence-electron chi connectivity index (χ1n) is 6.55. The van der Waals surface area contributed by atoms with Crippen LogP contribution < -0.4 is 10.1 Å². The average Bonchev–Trinajstić information content (AvgIpc) is 2.65. The third kappa shape index (κ3) is 2.08. The average molecular weight is 246 g/mol. The molecule has 1 aromatic carbocycles. The van der Waals surface area contributed by atoms with Gasteiger partial charge in [0.25, 0.3) is 0 Å². The van der Waals surface area contributed by atoms with E-state index in [1.807, 2.05) is 18.2 Å². The standard InChI is InChI=1S/C14H18N2O2/c1-17-11-7-5-8-12-13(11)16-14(18-12)10-6-3-2-4-9-15-10/h5,7-8,10,15H,2-4,6,9H2,1H3. The number of nitrogens with zero attached hydrogens (tertiary/aromatic N) is 1. The molecule has 2 heterocycles. The number of methoxy groups -OCH3 is 1. The Morgan fingerprint density at radius 2 is 2.28 bits per heavy atom. The molecule has 1 atom stereocenters. The van der Waals surface area contributed by atoms with Gasteiger partial charge < -0.3 is 14.5 Å². The lowest BCUT2D eigenvalue weighted by Gasteiger charge is -2.10. The van der Waals surface area contributed by atoms with Crippen molar-refractivity contribution in [3.05, 3.63) is 24.1 Å². The lowest BCUT2D eigenvalue weighted by Crippen LogP contribution is -2.20. The number of ether oxygens (including phenoxy) is 1. The Morgan fingerprint density at radius 1 is 1.33 bits per heavy atom. The molecule has 1 aliphatic rings. The molecule has 4 nitrogen and oxygen atoms in total. The predicted octanol–water partition coefficient (Wildman–Crippen LogP) is 3.04. The first-order chi connectivity index (χ1) is 8.88. The molecular formula is C14H18N2O2. The molecule has 1 aliphatic heterocycles. The Hall–Kier alpha value is -1.55. The molecule has 3 rings (SSSR count). The molecule has 2 aromatic rings. The fourth-order valence-electron chi connectivity index (χ4n) is 2.49. The number of aromatic nitrogens is 1. The van der Waals surface area contributed by atoms with Crippen molar-refractivity contribution in [1.82, 2.24) is 10.3 Å². The topological polar surface area (TPSA) is 47.3 Å². The number of nitrogens with one attached hydrogen (secondary N) is 1. The van der Waals surface area contributed by atoms with Gasteiger partial charge in [0.2, 0.25) is 5.89 Å². The van der Waals surface area contributed by atoms with Crippen LogP contribution >= 0.6 is 0 Å². The number of hydrogen-bond acceptors (Lipinski definition) is 4. The number of rotatable bonds is 2. The van der Waals surface area contributed by atoms with Gasteiger partial charge in [-0.15, -0.1) is 0 Å². The minimum Gasteiger partial charge on any atom is -0.494 e. The number of hydrogen-bond donors (Lipinski definition) is 1. The minimum atomic E-state index is 0.240. The molecule has 0 aliphatic carbocycles. The lowest BCUT2D eigenvalue weighted by molar-refractivity contribution is 0.410. The molecule has 1 saturated heterocycles. The summed E-state index contributed by atoms with van der Waals surface area (Å²) in [5.41, 5.74) is 1.62. The van der Waals surface area contributed by atoms with Gasteiger partial charge in [-0.3, -0.25) is 0 Å². The normalized spacial score (nSPS) is 20.8. The van der Waals surface area contributed by atoms with Crippen molar-refractivity contribution >= 4 is 11.1 Å². The molecule has 96 valence electrons. The van der Waals surface area contributed by atoms with Gasteiger partial charge in [-0.2, -0.15) is 0 Å². The van der Waals surface area contributed by atoms with Crippen molar-refractivity contribution in [2.75, 3.05) is 13.7 Å². The third-order valence-corrected chi connectivity index (χ3v) is 3.48. The van der Waals surface area contributed by atoms with Crippen LogP contribution in [0, 0.1) is 0 Å². The number of oxazole rings is 1. The summed E-state index contributed by atoms with van der Waals surface area (Å²) in [5, 5.41) is 3.50. The number of benzene rings is 1. The van der Waals surface area contributed by atoms with E-state index in [0.29, 0.717) is 0 Å². The molecule has 1 aromatic heterocycles. The van der Waals surface area contributed by atoms with Crippen molar-refractivity contribution in [3.63, 3.8) is 0 Å². The van der Waals surface area contributed by atoms with Gasteiger partial charge in [-0.05, 0) is 31.5 Å². The highest BCUT2D eigenvalue weighted by Gasteiger charge is 2.20. The summed E-state index contributed by atoms with van der Waals surface area (Å²) in [5.74, 6) is 1.56. The molecule has 1 fully saturated rings. The largest absolute Gasteiger partial charge is 0.494 e.